The van der Waals surface area contributed by atoms with E-state index >= 15 is 0 Å². The summed E-state index contributed by atoms with van der Waals surface area (Å²) in [5.74, 6) is 1.16. The molecule has 1 unspecified atom stereocenters. The molecule has 2 aromatic carbocycles. The molecule has 1 atom stereocenters. The number of nitrogens with zero attached hydrogens (tertiary/aromatic N) is 4. The molecule has 0 aliphatic heterocycles. The van der Waals surface area contributed by atoms with E-state index in [1.807, 2.05) is 66.3 Å². The topological polar surface area (TPSA) is 68.8 Å². The minimum atomic E-state index is -0.0973. The van der Waals surface area contributed by atoms with E-state index in [1.54, 1.807) is 6.20 Å². The van der Waals surface area contributed by atoms with Gasteiger partial charge in [-0.15, -0.1) is 0 Å². The maximum absolute atomic E-state index is 5.43. The standard InChI is InChI=1S/C20H19N5O/c1-15(20-23-19(24-26-20)17-8-3-2-4-9-17)22-18-10-5-7-16(13-18)14-25-12-6-11-21-25/h2-13,15,22H,14H2,1H3. The molecule has 6 heteroatoms. The van der Waals surface area contributed by atoms with Crippen molar-refractivity contribution in [3.63, 3.8) is 0 Å². The molecule has 0 spiro atoms. The molecule has 0 aliphatic carbocycles. The van der Waals surface area contributed by atoms with Gasteiger partial charge in [-0.1, -0.05) is 47.6 Å². The number of nitrogens with one attached hydrogen (secondary N) is 1. The zero-order chi connectivity index (χ0) is 17.8. The summed E-state index contributed by atoms with van der Waals surface area (Å²) in [5, 5.41) is 11.7. The number of rotatable bonds is 6. The van der Waals surface area contributed by atoms with Crippen molar-refractivity contribution < 1.29 is 4.52 Å². The summed E-state index contributed by atoms with van der Waals surface area (Å²) in [5.41, 5.74) is 3.11. The Morgan fingerprint density at radius 1 is 1.08 bits per heavy atom. The van der Waals surface area contributed by atoms with Crippen LogP contribution < -0.4 is 5.32 Å². The second-order valence-corrected chi connectivity index (χ2v) is 6.09. The van der Waals surface area contributed by atoms with Crippen LogP contribution in [0.15, 0.2) is 77.6 Å². The van der Waals surface area contributed by atoms with Crippen molar-refractivity contribution in [3.05, 3.63) is 84.5 Å². The summed E-state index contributed by atoms with van der Waals surface area (Å²) in [6, 6.07) is 19.9. The molecular weight excluding hydrogens is 326 g/mol. The summed E-state index contributed by atoms with van der Waals surface area (Å²) in [6.45, 7) is 2.73. The monoisotopic (exact) mass is 345 g/mol. The molecule has 6 nitrogen and oxygen atoms in total. The van der Waals surface area contributed by atoms with Crippen LogP contribution in [0.2, 0.25) is 0 Å². The van der Waals surface area contributed by atoms with Gasteiger partial charge in [0.25, 0.3) is 0 Å². The van der Waals surface area contributed by atoms with Crippen molar-refractivity contribution in [3.8, 4) is 11.4 Å². The molecular formula is C20H19N5O. The molecule has 4 aromatic rings. The number of hydrogen-bond acceptors (Lipinski definition) is 5. The zero-order valence-corrected chi connectivity index (χ0v) is 14.4. The van der Waals surface area contributed by atoms with Gasteiger partial charge in [0.05, 0.1) is 6.54 Å². The molecule has 2 heterocycles. The lowest BCUT2D eigenvalue weighted by atomic mass is 10.2. The first-order valence-corrected chi connectivity index (χ1v) is 8.50. The van der Waals surface area contributed by atoms with Crippen molar-refractivity contribution in [2.24, 2.45) is 0 Å². The second kappa shape index (κ2) is 7.23. The van der Waals surface area contributed by atoms with Gasteiger partial charge in [-0.2, -0.15) is 10.1 Å². The number of anilines is 1. The average Bonchev–Trinajstić information content (AvgIpc) is 3.35. The van der Waals surface area contributed by atoms with Crippen LogP contribution in [0.25, 0.3) is 11.4 Å². The summed E-state index contributed by atoms with van der Waals surface area (Å²) in [6.07, 6.45) is 3.73. The molecule has 26 heavy (non-hydrogen) atoms. The minimum absolute atomic E-state index is 0.0973. The smallest absolute Gasteiger partial charge is 0.249 e. The van der Waals surface area contributed by atoms with Gasteiger partial charge in [-0.25, -0.2) is 0 Å². The average molecular weight is 345 g/mol. The Labute approximate surface area is 151 Å². The van der Waals surface area contributed by atoms with Crippen molar-refractivity contribution in [2.75, 3.05) is 5.32 Å². The van der Waals surface area contributed by atoms with Crippen LogP contribution in [0.3, 0.4) is 0 Å². The van der Waals surface area contributed by atoms with Gasteiger partial charge in [0.1, 0.15) is 6.04 Å². The van der Waals surface area contributed by atoms with Crippen LogP contribution in [-0.4, -0.2) is 19.9 Å². The first-order chi connectivity index (χ1) is 12.8. The number of benzene rings is 2. The molecule has 4 rings (SSSR count). The molecule has 2 aromatic heterocycles. The summed E-state index contributed by atoms with van der Waals surface area (Å²) in [7, 11) is 0. The lowest BCUT2D eigenvalue weighted by Gasteiger charge is -2.12. The molecule has 1 N–H and O–H groups in total. The van der Waals surface area contributed by atoms with Crippen LogP contribution in [0.1, 0.15) is 24.4 Å². The number of hydrogen-bond donors (Lipinski definition) is 1. The highest BCUT2D eigenvalue weighted by Gasteiger charge is 2.15. The maximum Gasteiger partial charge on any atom is 0.249 e. The lowest BCUT2D eigenvalue weighted by molar-refractivity contribution is 0.368. The first kappa shape index (κ1) is 16.1. The van der Waals surface area contributed by atoms with Gasteiger partial charge < -0.3 is 9.84 Å². The normalized spacial score (nSPS) is 12.0. The first-order valence-electron chi connectivity index (χ1n) is 8.50. The quantitative estimate of drug-likeness (QED) is 0.568. The van der Waals surface area contributed by atoms with E-state index in [9.17, 15) is 0 Å². The highest BCUT2D eigenvalue weighted by Crippen LogP contribution is 2.22. The van der Waals surface area contributed by atoms with E-state index in [0.717, 1.165) is 17.8 Å². The molecule has 0 saturated carbocycles. The molecule has 0 amide bonds. The molecule has 130 valence electrons. The summed E-state index contributed by atoms with van der Waals surface area (Å²) in [4.78, 5) is 4.51. The van der Waals surface area contributed by atoms with E-state index in [0.29, 0.717) is 11.7 Å². The van der Waals surface area contributed by atoms with E-state index in [1.165, 1.54) is 5.56 Å². The third-order valence-corrected chi connectivity index (χ3v) is 4.06. The highest BCUT2D eigenvalue weighted by atomic mass is 16.5. The van der Waals surface area contributed by atoms with Crippen LogP contribution >= 0.6 is 0 Å². The lowest BCUT2D eigenvalue weighted by Crippen LogP contribution is -2.08. The van der Waals surface area contributed by atoms with Gasteiger partial charge in [-0.05, 0) is 30.7 Å². The van der Waals surface area contributed by atoms with Crippen molar-refractivity contribution in [1.29, 1.82) is 0 Å². The Balaban J connectivity index is 1.46. The van der Waals surface area contributed by atoms with Crippen LogP contribution in [0.4, 0.5) is 5.69 Å². The van der Waals surface area contributed by atoms with Crippen LogP contribution in [-0.2, 0) is 6.54 Å². The molecule has 0 saturated heterocycles. The second-order valence-electron chi connectivity index (χ2n) is 6.09. The minimum Gasteiger partial charge on any atom is -0.374 e. The van der Waals surface area contributed by atoms with E-state index in [2.05, 4.69) is 32.7 Å². The van der Waals surface area contributed by atoms with Crippen LogP contribution in [0.5, 0.6) is 0 Å². The van der Waals surface area contributed by atoms with Crippen molar-refractivity contribution >= 4 is 5.69 Å². The zero-order valence-electron chi connectivity index (χ0n) is 14.4. The van der Waals surface area contributed by atoms with Gasteiger partial charge in [-0.3, -0.25) is 4.68 Å². The largest absolute Gasteiger partial charge is 0.374 e. The highest BCUT2D eigenvalue weighted by molar-refractivity contribution is 5.54. The molecule has 0 fully saturated rings. The fourth-order valence-electron chi connectivity index (χ4n) is 2.77. The molecule has 0 radical (unpaired) electrons. The Morgan fingerprint density at radius 3 is 2.77 bits per heavy atom. The Bertz CT molecular complexity index is 963. The van der Waals surface area contributed by atoms with E-state index in [4.69, 9.17) is 4.52 Å². The Kier molecular flexibility index (Phi) is 4.47. The third kappa shape index (κ3) is 3.64. The fourth-order valence-corrected chi connectivity index (χ4v) is 2.77. The molecule has 0 bridgehead atoms. The molecule has 0 aliphatic rings. The van der Waals surface area contributed by atoms with Gasteiger partial charge in [0, 0.05) is 23.6 Å². The van der Waals surface area contributed by atoms with Gasteiger partial charge >= 0.3 is 0 Å². The van der Waals surface area contributed by atoms with Crippen molar-refractivity contribution in [1.82, 2.24) is 19.9 Å². The number of aromatic nitrogens is 4. The van der Waals surface area contributed by atoms with Gasteiger partial charge in [0.15, 0.2) is 0 Å². The SMILES string of the molecule is CC(Nc1cccc(Cn2cccn2)c1)c1nc(-c2ccccc2)no1. The Hall–Kier alpha value is -3.41. The van der Waals surface area contributed by atoms with E-state index in [-0.39, 0.29) is 6.04 Å². The van der Waals surface area contributed by atoms with Gasteiger partial charge in [0.2, 0.25) is 11.7 Å². The predicted octanol–water partition coefficient (Wildman–Crippen LogP) is 4.15. The predicted molar refractivity (Wildman–Crippen MR) is 99.5 cm³/mol. The van der Waals surface area contributed by atoms with E-state index < -0.39 is 0 Å². The summed E-state index contributed by atoms with van der Waals surface area (Å²) >= 11 is 0. The van der Waals surface area contributed by atoms with Crippen molar-refractivity contribution in [2.45, 2.75) is 19.5 Å². The van der Waals surface area contributed by atoms with Crippen LogP contribution in [0, 0.1) is 0 Å². The Morgan fingerprint density at radius 2 is 1.96 bits per heavy atom. The maximum atomic E-state index is 5.43. The third-order valence-electron chi connectivity index (χ3n) is 4.06. The fraction of sp³-hybridized carbons (Fsp3) is 0.150. The summed E-state index contributed by atoms with van der Waals surface area (Å²) < 4.78 is 7.33.